The van der Waals surface area contributed by atoms with Crippen LogP contribution in [-0.4, -0.2) is 31.1 Å². The van der Waals surface area contributed by atoms with Gasteiger partial charge in [0, 0.05) is 19.3 Å². The highest BCUT2D eigenvalue weighted by Crippen LogP contribution is 2.06. The quantitative estimate of drug-likeness (QED) is 0.160. The zero-order valence-corrected chi connectivity index (χ0v) is 18.2. The fourth-order valence-electron chi connectivity index (χ4n) is 2.39. The molecule has 0 rings (SSSR count). The zero-order valence-electron chi connectivity index (χ0n) is 18.2. The first kappa shape index (κ1) is 26.3. The predicted octanol–water partition coefficient (Wildman–Crippen LogP) is 6.11. The van der Waals surface area contributed by atoms with Crippen LogP contribution < -0.4 is 0 Å². The smallest absolute Gasteiger partial charge is 0.306 e. The van der Waals surface area contributed by atoms with Crippen molar-refractivity contribution in [2.24, 2.45) is 0 Å². The molecule has 0 atom stereocenters. The average Bonchev–Trinajstić information content (AvgIpc) is 2.66. The van der Waals surface area contributed by atoms with Crippen LogP contribution in [0.25, 0.3) is 0 Å². The van der Waals surface area contributed by atoms with Gasteiger partial charge < -0.3 is 9.47 Å². The lowest BCUT2D eigenvalue weighted by molar-refractivity contribution is -0.145. The van der Waals surface area contributed by atoms with E-state index in [4.69, 9.17) is 9.47 Å². The fraction of sp³-hybridized carbons (Fsp3) is 0.667. The SMILES string of the molecule is CCCCC=CC=CC=CCCCCC(=O)CCC(=O)OCCCOC(C)C. The standard InChI is InChI=1S/C24H40O4/c1-4-5-6-7-8-9-10-11-12-13-14-15-17-23(25)18-19-24(26)28-21-16-20-27-22(2)3/h7-12,22H,4-6,13-21H2,1-3H3. The summed E-state index contributed by atoms with van der Waals surface area (Å²) in [6.07, 6.45) is 20.9. The molecule has 0 fully saturated rings. The first-order valence-electron chi connectivity index (χ1n) is 10.8. The van der Waals surface area contributed by atoms with Crippen molar-refractivity contribution in [2.75, 3.05) is 13.2 Å². The van der Waals surface area contributed by atoms with Crippen LogP contribution in [0.2, 0.25) is 0 Å². The molecule has 0 bridgehead atoms. The monoisotopic (exact) mass is 392 g/mol. The lowest BCUT2D eigenvalue weighted by Crippen LogP contribution is -2.11. The van der Waals surface area contributed by atoms with Gasteiger partial charge in [0.25, 0.3) is 0 Å². The summed E-state index contributed by atoms with van der Waals surface area (Å²) < 4.78 is 10.5. The molecule has 28 heavy (non-hydrogen) atoms. The van der Waals surface area contributed by atoms with Crippen LogP contribution in [0.1, 0.15) is 85.0 Å². The molecule has 0 aliphatic carbocycles. The molecule has 0 saturated heterocycles. The maximum Gasteiger partial charge on any atom is 0.306 e. The van der Waals surface area contributed by atoms with E-state index in [1.54, 1.807) is 0 Å². The molecule has 0 radical (unpaired) electrons. The highest BCUT2D eigenvalue weighted by molar-refractivity contribution is 5.82. The van der Waals surface area contributed by atoms with Gasteiger partial charge >= 0.3 is 5.97 Å². The second kappa shape index (κ2) is 20.1. The third-order valence-corrected chi connectivity index (χ3v) is 4.02. The van der Waals surface area contributed by atoms with Crippen LogP contribution >= 0.6 is 0 Å². The van der Waals surface area contributed by atoms with Crippen LogP contribution in [0, 0.1) is 0 Å². The summed E-state index contributed by atoms with van der Waals surface area (Å²) in [5.41, 5.74) is 0. The Morgan fingerprint density at radius 3 is 2.11 bits per heavy atom. The molecule has 4 heteroatoms. The summed E-state index contributed by atoms with van der Waals surface area (Å²) in [7, 11) is 0. The second-order valence-corrected chi connectivity index (χ2v) is 7.16. The van der Waals surface area contributed by atoms with Gasteiger partial charge in [0.1, 0.15) is 5.78 Å². The minimum atomic E-state index is -0.295. The van der Waals surface area contributed by atoms with Crippen molar-refractivity contribution in [1.29, 1.82) is 0 Å². The Kier molecular flexibility index (Phi) is 18.9. The summed E-state index contributed by atoms with van der Waals surface area (Å²) in [4.78, 5) is 23.4. The van der Waals surface area contributed by atoms with Crippen LogP contribution in [0.5, 0.6) is 0 Å². The first-order valence-corrected chi connectivity index (χ1v) is 10.8. The van der Waals surface area contributed by atoms with E-state index >= 15 is 0 Å². The Hall–Kier alpha value is -1.68. The summed E-state index contributed by atoms with van der Waals surface area (Å²) >= 11 is 0. The van der Waals surface area contributed by atoms with Crippen LogP contribution in [0.4, 0.5) is 0 Å². The van der Waals surface area contributed by atoms with E-state index in [2.05, 4.69) is 25.2 Å². The molecule has 0 N–H and O–H groups in total. The van der Waals surface area contributed by atoms with Gasteiger partial charge in [0.15, 0.2) is 0 Å². The second-order valence-electron chi connectivity index (χ2n) is 7.16. The van der Waals surface area contributed by atoms with E-state index in [0.717, 1.165) is 25.7 Å². The summed E-state index contributed by atoms with van der Waals surface area (Å²) in [5.74, 6) is -0.155. The lowest BCUT2D eigenvalue weighted by Gasteiger charge is -2.07. The van der Waals surface area contributed by atoms with Crippen molar-refractivity contribution in [3.63, 3.8) is 0 Å². The summed E-state index contributed by atoms with van der Waals surface area (Å²) in [6.45, 7) is 7.08. The molecule has 0 unspecified atom stereocenters. The molecular formula is C24H40O4. The molecule has 0 aromatic heterocycles. The van der Waals surface area contributed by atoms with Gasteiger partial charge in [-0.25, -0.2) is 0 Å². The number of ether oxygens (including phenoxy) is 2. The normalized spacial score (nSPS) is 12.0. The zero-order chi connectivity index (χ0) is 20.9. The summed E-state index contributed by atoms with van der Waals surface area (Å²) in [5, 5.41) is 0. The molecule has 0 aliphatic heterocycles. The van der Waals surface area contributed by atoms with Gasteiger partial charge in [-0.15, -0.1) is 0 Å². The molecule has 0 heterocycles. The third-order valence-electron chi connectivity index (χ3n) is 4.02. The van der Waals surface area contributed by atoms with Crippen molar-refractivity contribution >= 4 is 11.8 Å². The van der Waals surface area contributed by atoms with Crippen molar-refractivity contribution < 1.29 is 19.1 Å². The number of esters is 1. The van der Waals surface area contributed by atoms with Gasteiger partial charge in [-0.05, 0) is 39.5 Å². The van der Waals surface area contributed by atoms with E-state index in [-0.39, 0.29) is 30.7 Å². The largest absolute Gasteiger partial charge is 0.466 e. The number of allylic oxidation sites excluding steroid dienone is 6. The van der Waals surface area contributed by atoms with Crippen molar-refractivity contribution in [3.8, 4) is 0 Å². The average molecular weight is 393 g/mol. The highest BCUT2D eigenvalue weighted by atomic mass is 16.5. The number of Topliss-reactive ketones (excluding diaryl/α,β-unsaturated/α-hetero) is 1. The maximum atomic E-state index is 11.8. The molecular weight excluding hydrogens is 352 g/mol. The number of carbonyl (C=O) groups is 2. The van der Waals surface area contributed by atoms with E-state index in [0.29, 0.717) is 26.1 Å². The minimum absolute atomic E-state index is 0.140. The predicted molar refractivity (Wildman–Crippen MR) is 116 cm³/mol. The minimum Gasteiger partial charge on any atom is -0.466 e. The van der Waals surface area contributed by atoms with Gasteiger partial charge in [0.05, 0.1) is 25.7 Å². The van der Waals surface area contributed by atoms with E-state index in [1.807, 2.05) is 32.1 Å². The van der Waals surface area contributed by atoms with Crippen molar-refractivity contribution in [2.45, 2.75) is 91.1 Å². The van der Waals surface area contributed by atoms with E-state index in [1.165, 1.54) is 12.8 Å². The molecule has 160 valence electrons. The van der Waals surface area contributed by atoms with Gasteiger partial charge in [0.2, 0.25) is 0 Å². The molecule has 0 aromatic rings. The molecule has 0 amide bonds. The molecule has 0 aliphatic rings. The maximum absolute atomic E-state index is 11.8. The number of carbonyl (C=O) groups excluding carboxylic acids is 2. The molecule has 0 spiro atoms. The first-order chi connectivity index (χ1) is 13.6. The topological polar surface area (TPSA) is 52.6 Å². The van der Waals surface area contributed by atoms with E-state index < -0.39 is 0 Å². The van der Waals surface area contributed by atoms with E-state index in [9.17, 15) is 9.59 Å². The van der Waals surface area contributed by atoms with Crippen LogP contribution in [0.15, 0.2) is 36.5 Å². The Balaban J connectivity index is 3.54. The molecule has 4 nitrogen and oxygen atoms in total. The number of hydrogen-bond donors (Lipinski definition) is 0. The molecule has 0 saturated carbocycles. The Morgan fingerprint density at radius 2 is 1.46 bits per heavy atom. The Bertz CT molecular complexity index is 475. The third kappa shape index (κ3) is 20.6. The Labute approximate surface area is 172 Å². The highest BCUT2D eigenvalue weighted by Gasteiger charge is 2.08. The number of unbranched alkanes of at least 4 members (excludes halogenated alkanes) is 4. The lowest BCUT2D eigenvalue weighted by atomic mass is 10.1. The number of hydrogen-bond acceptors (Lipinski definition) is 4. The van der Waals surface area contributed by atoms with Crippen molar-refractivity contribution in [1.82, 2.24) is 0 Å². The van der Waals surface area contributed by atoms with Gasteiger partial charge in [-0.2, -0.15) is 0 Å². The van der Waals surface area contributed by atoms with Crippen molar-refractivity contribution in [3.05, 3.63) is 36.5 Å². The van der Waals surface area contributed by atoms with Crippen LogP contribution in [0.3, 0.4) is 0 Å². The van der Waals surface area contributed by atoms with Gasteiger partial charge in [-0.1, -0.05) is 56.2 Å². The van der Waals surface area contributed by atoms with Gasteiger partial charge in [-0.3, -0.25) is 9.59 Å². The number of rotatable bonds is 18. The number of ketones is 1. The summed E-state index contributed by atoms with van der Waals surface area (Å²) in [6, 6.07) is 0. The fourth-order valence-corrected chi connectivity index (χ4v) is 2.39. The Morgan fingerprint density at radius 1 is 0.786 bits per heavy atom. The molecule has 0 aromatic carbocycles. The van der Waals surface area contributed by atoms with Crippen LogP contribution in [-0.2, 0) is 19.1 Å².